The Labute approximate surface area is 173 Å². The molecule has 9 heteroatoms. The molecule has 0 aromatic carbocycles. The number of nitrogens with zero attached hydrogens (tertiary/aromatic N) is 2. The van der Waals surface area contributed by atoms with Gasteiger partial charge in [0, 0.05) is 51.3 Å². The highest BCUT2D eigenvalue weighted by molar-refractivity contribution is 6.24. The highest BCUT2D eigenvalue weighted by atomic mass is 16.5. The van der Waals surface area contributed by atoms with Crippen molar-refractivity contribution in [2.24, 2.45) is 7.05 Å². The lowest BCUT2D eigenvalue weighted by atomic mass is 9.94. The maximum Gasteiger partial charge on any atom is 0.302 e. The first kappa shape index (κ1) is 21.5. The van der Waals surface area contributed by atoms with Crippen LogP contribution in [0.25, 0.3) is 6.08 Å². The predicted octanol–water partition coefficient (Wildman–Crippen LogP) is 1.26. The highest BCUT2D eigenvalue weighted by Crippen LogP contribution is 2.32. The number of allylic oxidation sites excluding steroid dienone is 2. The van der Waals surface area contributed by atoms with Crippen LogP contribution in [-0.2, 0) is 37.5 Å². The van der Waals surface area contributed by atoms with Gasteiger partial charge in [-0.25, -0.2) is 0 Å². The Kier molecular flexibility index (Phi) is 6.51. The molecule has 0 amide bonds. The third kappa shape index (κ3) is 4.35. The van der Waals surface area contributed by atoms with E-state index in [0.717, 1.165) is 0 Å². The van der Waals surface area contributed by atoms with Crippen molar-refractivity contribution in [3.8, 4) is 0 Å². The number of hydrogen-bond donors (Lipinski definition) is 0. The Morgan fingerprint density at radius 3 is 2.43 bits per heavy atom. The van der Waals surface area contributed by atoms with Crippen LogP contribution in [0, 0.1) is 0 Å². The van der Waals surface area contributed by atoms with Gasteiger partial charge >= 0.3 is 11.9 Å². The average molecular weight is 416 g/mol. The fourth-order valence-corrected chi connectivity index (χ4v) is 3.58. The molecule has 1 saturated heterocycles. The number of fused-ring (bicyclic) bond motifs is 1. The number of morpholine rings is 1. The summed E-state index contributed by atoms with van der Waals surface area (Å²) >= 11 is 0. The fourth-order valence-electron chi connectivity index (χ4n) is 3.58. The number of rotatable bonds is 6. The number of hydrogen-bond acceptors (Lipinski definition) is 8. The molecule has 30 heavy (non-hydrogen) atoms. The molecule has 1 fully saturated rings. The van der Waals surface area contributed by atoms with Gasteiger partial charge in [-0.3, -0.25) is 19.2 Å². The van der Waals surface area contributed by atoms with Crippen molar-refractivity contribution >= 4 is 29.6 Å². The zero-order chi connectivity index (χ0) is 21.8. The van der Waals surface area contributed by atoms with E-state index in [1.165, 1.54) is 19.9 Å². The second kappa shape index (κ2) is 9.08. The van der Waals surface area contributed by atoms with Crippen molar-refractivity contribution in [3.63, 3.8) is 0 Å². The minimum atomic E-state index is -0.499. The Morgan fingerprint density at radius 1 is 1.13 bits per heavy atom. The molecule has 0 spiro atoms. The van der Waals surface area contributed by atoms with Gasteiger partial charge in [0.15, 0.2) is 0 Å². The van der Waals surface area contributed by atoms with Gasteiger partial charge in [-0.1, -0.05) is 0 Å². The van der Waals surface area contributed by atoms with Crippen LogP contribution in [0.4, 0.5) is 0 Å². The zero-order valence-electron chi connectivity index (χ0n) is 17.2. The summed E-state index contributed by atoms with van der Waals surface area (Å²) in [7, 11) is 1.67. The van der Waals surface area contributed by atoms with Gasteiger partial charge in [-0.05, 0) is 12.2 Å². The second-order valence-electron chi connectivity index (χ2n) is 6.95. The first-order valence-electron chi connectivity index (χ1n) is 9.59. The smallest absolute Gasteiger partial charge is 0.302 e. The molecule has 1 aromatic rings. The maximum atomic E-state index is 13.4. The van der Waals surface area contributed by atoms with Gasteiger partial charge in [0.2, 0.25) is 11.6 Å². The summed E-state index contributed by atoms with van der Waals surface area (Å²) in [5.41, 5.74) is 1.78. The van der Waals surface area contributed by atoms with Gasteiger partial charge in [-0.15, -0.1) is 0 Å². The lowest BCUT2D eigenvalue weighted by Gasteiger charge is -2.31. The number of carbonyl (C=O) groups is 4. The number of esters is 2. The van der Waals surface area contributed by atoms with Crippen LogP contribution >= 0.6 is 0 Å². The summed E-state index contributed by atoms with van der Waals surface area (Å²) in [6.07, 6.45) is 4.61. The van der Waals surface area contributed by atoms with Crippen LogP contribution < -0.4 is 0 Å². The molecule has 1 aromatic heterocycles. The minimum absolute atomic E-state index is 0.0390. The van der Waals surface area contributed by atoms with Crippen LogP contribution in [0.3, 0.4) is 0 Å². The van der Waals surface area contributed by atoms with E-state index in [4.69, 9.17) is 14.2 Å². The van der Waals surface area contributed by atoms with E-state index < -0.39 is 11.9 Å². The summed E-state index contributed by atoms with van der Waals surface area (Å²) < 4.78 is 17.0. The number of aromatic nitrogens is 1. The van der Waals surface area contributed by atoms with E-state index >= 15 is 0 Å². The highest BCUT2D eigenvalue weighted by Gasteiger charge is 2.36. The van der Waals surface area contributed by atoms with E-state index in [-0.39, 0.29) is 36.0 Å². The van der Waals surface area contributed by atoms with Gasteiger partial charge in [-0.2, -0.15) is 0 Å². The molecule has 0 N–H and O–H groups in total. The van der Waals surface area contributed by atoms with Crippen molar-refractivity contribution in [2.75, 3.05) is 32.9 Å². The van der Waals surface area contributed by atoms with Gasteiger partial charge in [0.25, 0.3) is 0 Å². The average Bonchev–Trinajstić information content (AvgIpc) is 2.99. The van der Waals surface area contributed by atoms with E-state index in [2.05, 4.69) is 0 Å². The van der Waals surface area contributed by atoms with Gasteiger partial charge in [0.1, 0.15) is 18.9 Å². The summed E-state index contributed by atoms with van der Waals surface area (Å²) in [6, 6.07) is 0. The fraction of sp³-hybridized carbons (Fsp3) is 0.429. The predicted molar refractivity (Wildman–Crippen MR) is 106 cm³/mol. The minimum Gasteiger partial charge on any atom is -0.462 e. The summed E-state index contributed by atoms with van der Waals surface area (Å²) in [5.74, 6) is -1.50. The molecular weight excluding hydrogens is 392 g/mol. The summed E-state index contributed by atoms with van der Waals surface area (Å²) in [5, 5.41) is 0. The first-order chi connectivity index (χ1) is 14.3. The van der Waals surface area contributed by atoms with E-state index in [0.29, 0.717) is 43.3 Å². The number of Topliss-reactive ketones (excluding diaryl/α,β-unsaturated/α-hetero) is 1. The molecule has 2 heterocycles. The molecule has 3 rings (SSSR count). The van der Waals surface area contributed by atoms with Gasteiger partial charge < -0.3 is 23.7 Å². The van der Waals surface area contributed by atoms with Crippen LogP contribution in [0.2, 0.25) is 0 Å². The van der Waals surface area contributed by atoms with Crippen LogP contribution in [0.15, 0.2) is 17.8 Å². The Hall–Kier alpha value is -3.20. The Morgan fingerprint density at radius 2 is 1.80 bits per heavy atom. The monoisotopic (exact) mass is 416 g/mol. The summed E-state index contributed by atoms with van der Waals surface area (Å²) in [6.45, 7) is 4.45. The third-order valence-corrected chi connectivity index (χ3v) is 4.94. The van der Waals surface area contributed by atoms with E-state index in [9.17, 15) is 19.2 Å². The van der Waals surface area contributed by atoms with Crippen molar-refractivity contribution in [2.45, 2.75) is 20.5 Å². The van der Waals surface area contributed by atoms with Crippen LogP contribution in [0.1, 0.15) is 46.0 Å². The van der Waals surface area contributed by atoms with Crippen LogP contribution in [-0.4, -0.2) is 65.9 Å². The Bertz CT molecular complexity index is 949. The molecule has 1 aliphatic heterocycles. The molecule has 1 aliphatic carbocycles. The molecule has 9 nitrogen and oxygen atoms in total. The Balaban J connectivity index is 2.02. The summed E-state index contributed by atoms with van der Waals surface area (Å²) in [4.78, 5) is 50.5. The lowest BCUT2D eigenvalue weighted by Crippen LogP contribution is -2.40. The zero-order valence-corrected chi connectivity index (χ0v) is 17.2. The standard InChI is InChI=1S/C21H24N2O7/c1-13(24)29-8-4-5-16-15(12-30-14(2)25)19-20(22(16)3)18(26)11-17(21(19)27)23-6-9-28-10-7-23/h4-5,11H,6-10,12H2,1-3H3/b5-4+. The van der Waals surface area contributed by atoms with Crippen LogP contribution in [0.5, 0.6) is 0 Å². The molecule has 0 radical (unpaired) electrons. The molecule has 0 bridgehead atoms. The molecule has 0 saturated carbocycles. The van der Waals surface area contributed by atoms with Crippen molar-refractivity contribution < 1.29 is 33.4 Å². The van der Waals surface area contributed by atoms with Crippen molar-refractivity contribution in [1.82, 2.24) is 9.47 Å². The van der Waals surface area contributed by atoms with Crippen molar-refractivity contribution in [1.29, 1.82) is 0 Å². The van der Waals surface area contributed by atoms with E-state index in [1.54, 1.807) is 23.8 Å². The quantitative estimate of drug-likeness (QED) is 0.639. The molecular formula is C21H24N2O7. The third-order valence-electron chi connectivity index (χ3n) is 4.94. The maximum absolute atomic E-state index is 13.4. The normalized spacial score (nSPS) is 16.5. The second-order valence-corrected chi connectivity index (χ2v) is 6.95. The number of ketones is 2. The molecule has 0 atom stereocenters. The molecule has 160 valence electrons. The van der Waals surface area contributed by atoms with E-state index in [1.807, 2.05) is 4.90 Å². The number of carbonyl (C=O) groups excluding carboxylic acids is 4. The SMILES string of the molecule is CC(=O)OC/C=C/c1c(COC(C)=O)c2c(n1C)C(=O)C=C(N1CCOCC1)C2=O. The molecule has 0 unspecified atom stereocenters. The topological polar surface area (TPSA) is 104 Å². The van der Waals surface area contributed by atoms with Crippen molar-refractivity contribution in [3.05, 3.63) is 40.4 Å². The largest absolute Gasteiger partial charge is 0.462 e. The lowest BCUT2D eigenvalue weighted by molar-refractivity contribution is -0.142. The first-order valence-corrected chi connectivity index (χ1v) is 9.59. The molecule has 2 aliphatic rings. The number of ether oxygens (including phenoxy) is 3. The van der Waals surface area contributed by atoms with Gasteiger partial charge in [0.05, 0.1) is 24.5 Å².